The molecule has 1 amide bonds. The zero-order chi connectivity index (χ0) is 27.0. The number of carboxylic acids is 1. The van der Waals surface area contributed by atoms with Gasteiger partial charge in [-0.1, -0.05) is 47.5 Å². The van der Waals surface area contributed by atoms with E-state index in [1.54, 1.807) is 54.6 Å². The largest absolute Gasteiger partial charge is 0.481 e. The van der Waals surface area contributed by atoms with Crippen molar-refractivity contribution in [2.24, 2.45) is 5.10 Å². The van der Waals surface area contributed by atoms with Gasteiger partial charge in [0.05, 0.1) is 23.7 Å². The second-order valence-corrected chi connectivity index (χ2v) is 9.73. The molecule has 0 fully saturated rings. The molecule has 2 N–H and O–H groups in total. The Bertz CT molecular complexity index is 1670. The average Bonchev–Trinajstić information content (AvgIpc) is 3.32. The first-order chi connectivity index (χ1) is 18.2. The number of fused-ring (bicyclic) bond motifs is 1. The standard InChI is InChI=1S/C28H20Cl2FN3O4/c29-17-6-4-15(5-7-17)23-14-22(33-34(23)24(35)10-11-25(36)37)27-26(16-2-1-3-19(31)12-16)20-13-18(30)8-9-21(20)32-28(27)38/h1-9,12-13,23H,10-11,14H2,(H,32,38)(H,36,37). The van der Waals surface area contributed by atoms with E-state index in [2.05, 4.69) is 10.1 Å². The minimum absolute atomic E-state index is 0.165. The molecule has 3 aromatic carbocycles. The molecule has 4 aromatic rings. The van der Waals surface area contributed by atoms with Gasteiger partial charge in [0, 0.05) is 39.4 Å². The fourth-order valence-corrected chi connectivity index (χ4v) is 4.95. The molecule has 5 rings (SSSR count). The van der Waals surface area contributed by atoms with Crippen LogP contribution in [0.3, 0.4) is 0 Å². The number of H-pyrrole nitrogens is 1. The Kier molecular flexibility index (Phi) is 7.01. The van der Waals surface area contributed by atoms with Crippen molar-refractivity contribution in [1.82, 2.24) is 9.99 Å². The van der Waals surface area contributed by atoms with Gasteiger partial charge in [0.2, 0.25) is 5.91 Å². The quantitative estimate of drug-likeness (QED) is 0.298. The molecule has 7 nitrogen and oxygen atoms in total. The number of hydrazone groups is 1. The van der Waals surface area contributed by atoms with E-state index in [-0.39, 0.29) is 24.8 Å². The summed E-state index contributed by atoms with van der Waals surface area (Å²) >= 11 is 12.3. The molecule has 1 aliphatic rings. The predicted octanol–water partition coefficient (Wildman–Crippen LogP) is 6.18. The number of aromatic amines is 1. The van der Waals surface area contributed by atoms with Gasteiger partial charge in [-0.3, -0.25) is 14.4 Å². The highest BCUT2D eigenvalue weighted by atomic mass is 35.5. The summed E-state index contributed by atoms with van der Waals surface area (Å²) in [7, 11) is 0. The third-order valence-electron chi connectivity index (χ3n) is 6.35. The van der Waals surface area contributed by atoms with Crippen LogP contribution in [-0.2, 0) is 9.59 Å². The Morgan fingerprint density at radius 2 is 1.74 bits per heavy atom. The number of carbonyl (C=O) groups excluding carboxylic acids is 1. The topological polar surface area (TPSA) is 103 Å². The minimum Gasteiger partial charge on any atom is -0.481 e. The van der Waals surface area contributed by atoms with Crippen molar-refractivity contribution >= 4 is 51.7 Å². The lowest BCUT2D eigenvalue weighted by Crippen LogP contribution is -2.27. The first kappa shape index (κ1) is 25.6. The molecule has 0 saturated carbocycles. The molecule has 0 spiro atoms. The van der Waals surface area contributed by atoms with Crippen LogP contribution in [0.15, 0.2) is 76.6 Å². The van der Waals surface area contributed by atoms with Crippen molar-refractivity contribution in [1.29, 1.82) is 0 Å². The second kappa shape index (κ2) is 10.4. The monoisotopic (exact) mass is 551 g/mol. The number of amides is 1. The molecule has 0 radical (unpaired) electrons. The summed E-state index contributed by atoms with van der Waals surface area (Å²) in [4.78, 5) is 40.6. The van der Waals surface area contributed by atoms with E-state index in [9.17, 15) is 18.8 Å². The van der Waals surface area contributed by atoms with Crippen LogP contribution in [0.1, 0.15) is 36.4 Å². The number of carboxylic acid groups (broad SMARTS) is 1. The van der Waals surface area contributed by atoms with Crippen LogP contribution in [0.2, 0.25) is 10.0 Å². The van der Waals surface area contributed by atoms with Crippen LogP contribution >= 0.6 is 23.2 Å². The van der Waals surface area contributed by atoms with E-state index in [0.717, 1.165) is 0 Å². The SMILES string of the molecule is O=C(O)CCC(=O)N1N=C(c2c(-c3cccc(F)c3)c3cc(Cl)ccc3[nH]c2=O)CC1c1ccc(Cl)cc1. The maximum Gasteiger partial charge on any atom is 0.303 e. The molecule has 2 heterocycles. The van der Waals surface area contributed by atoms with Crippen molar-refractivity contribution in [2.75, 3.05) is 0 Å². The van der Waals surface area contributed by atoms with Crippen molar-refractivity contribution in [3.8, 4) is 11.1 Å². The highest BCUT2D eigenvalue weighted by Crippen LogP contribution is 2.38. The zero-order valence-corrected chi connectivity index (χ0v) is 21.3. The summed E-state index contributed by atoms with van der Waals surface area (Å²) in [6.07, 6.45) is -0.467. The molecule has 10 heteroatoms. The lowest BCUT2D eigenvalue weighted by Gasteiger charge is -2.22. The zero-order valence-electron chi connectivity index (χ0n) is 19.7. The number of halogens is 3. The number of carbonyl (C=O) groups is 2. The minimum atomic E-state index is -1.11. The van der Waals surface area contributed by atoms with Crippen LogP contribution in [0.5, 0.6) is 0 Å². The lowest BCUT2D eigenvalue weighted by molar-refractivity contribution is -0.141. The molecule has 0 saturated heterocycles. The van der Waals surface area contributed by atoms with Gasteiger partial charge in [-0.2, -0.15) is 5.10 Å². The Morgan fingerprint density at radius 1 is 1.00 bits per heavy atom. The molecule has 192 valence electrons. The van der Waals surface area contributed by atoms with Gasteiger partial charge in [-0.05, 0) is 53.6 Å². The Labute approximate surface area is 226 Å². The highest BCUT2D eigenvalue weighted by Gasteiger charge is 2.35. The van der Waals surface area contributed by atoms with Gasteiger partial charge in [0.1, 0.15) is 5.82 Å². The van der Waals surface area contributed by atoms with Crippen LogP contribution in [0, 0.1) is 5.82 Å². The first-order valence-corrected chi connectivity index (χ1v) is 12.5. The number of aliphatic carboxylic acids is 1. The number of hydrogen-bond donors (Lipinski definition) is 2. The third-order valence-corrected chi connectivity index (χ3v) is 6.84. The molecule has 1 unspecified atom stereocenters. The number of hydrogen-bond acceptors (Lipinski definition) is 4. The molecular formula is C28H20Cl2FN3O4. The van der Waals surface area contributed by atoms with Crippen molar-refractivity contribution in [3.63, 3.8) is 0 Å². The van der Waals surface area contributed by atoms with Gasteiger partial charge >= 0.3 is 5.97 Å². The van der Waals surface area contributed by atoms with Crippen LogP contribution in [-0.4, -0.2) is 32.7 Å². The van der Waals surface area contributed by atoms with Crippen LogP contribution in [0.25, 0.3) is 22.0 Å². The van der Waals surface area contributed by atoms with E-state index in [0.29, 0.717) is 43.4 Å². The first-order valence-electron chi connectivity index (χ1n) is 11.7. The third kappa shape index (κ3) is 5.05. The van der Waals surface area contributed by atoms with Gasteiger partial charge in [-0.25, -0.2) is 9.40 Å². The van der Waals surface area contributed by atoms with Gasteiger partial charge in [0.25, 0.3) is 5.56 Å². The van der Waals surface area contributed by atoms with Crippen molar-refractivity contribution in [3.05, 3.63) is 104 Å². The molecule has 38 heavy (non-hydrogen) atoms. The van der Waals surface area contributed by atoms with Gasteiger partial charge < -0.3 is 10.1 Å². The molecule has 0 bridgehead atoms. The number of aromatic nitrogens is 1. The molecule has 1 aliphatic heterocycles. The fourth-order valence-electron chi connectivity index (χ4n) is 4.65. The molecule has 1 aromatic heterocycles. The smallest absolute Gasteiger partial charge is 0.303 e. The van der Waals surface area contributed by atoms with Crippen molar-refractivity contribution < 1.29 is 19.1 Å². The average molecular weight is 552 g/mol. The van der Waals surface area contributed by atoms with Crippen LogP contribution in [0.4, 0.5) is 4.39 Å². The van der Waals surface area contributed by atoms with E-state index < -0.39 is 29.3 Å². The van der Waals surface area contributed by atoms with E-state index >= 15 is 0 Å². The number of rotatable bonds is 6. The fraction of sp³-hybridized carbons (Fsp3) is 0.143. The molecule has 0 aliphatic carbocycles. The summed E-state index contributed by atoms with van der Waals surface area (Å²) in [5.74, 6) is -2.10. The van der Waals surface area contributed by atoms with Gasteiger partial charge in [0.15, 0.2) is 0 Å². The lowest BCUT2D eigenvalue weighted by atomic mass is 9.91. The molecule has 1 atom stereocenters. The molecular weight excluding hydrogens is 532 g/mol. The summed E-state index contributed by atoms with van der Waals surface area (Å²) < 4.78 is 14.3. The van der Waals surface area contributed by atoms with Crippen molar-refractivity contribution in [2.45, 2.75) is 25.3 Å². The Morgan fingerprint density at radius 3 is 2.45 bits per heavy atom. The van der Waals surface area contributed by atoms with E-state index in [1.807, 2.05) is 0 Å². The number of nitrogens with zero attached hydrogens (tertiary/aromatic N) is 2. The summed E-state index contributed by atoms with van der Waals surface area (Å²) in [6.45, 7) is 0. The van der Waals surface area contributed by atoms with E-state index in [1.165, 1.54) is 17.1 Å². The van der Waals surface area contributed by atoms with Crippen LogP contribution < -0.4 is 5.56 Å². The number of pyridine rings is 1. The Hall–Kier alpha value is -4.01. The second-order valence-electron chi connectivity index (χ2n) is 8.85. The Balaban J connectivity index is 1.71. The normalized spacial score (nSPS) is 15.1. The van der Waals surface area contributed by atoms with Gasteiger partial charge in [-0.15, -0.1) is 0 Å². The summed E-state index contributed by atoms with van der Waals surface area (Å²) in [5, 5.41) is 16.4. The highest BCUT2D eigenvalue weighted by molar-refractivity contribution is 6.31. The predicted molar refractivity (Wildman–Crippen MR) is 144 cm³/mol. The maximum atomic E-state index is 14.3. The number of nitrogens with one attached hydrogen (secondary N) is 1. The number of benzene rings is 3. The summed E-state index contributed by atoms with van der Waals surface area (Å²) in [6, 6.07) is 17.1. The van der Waals surface area contributed by atoms with E-state index in [4.69, 9.17) is 28.3 Å². The summed E-state index contributed by atoms with van der Waals surface area (Å²) in [5.41, 5.74) is 2.11. The maximum absolute atomic E-state index is 14.3.